The molecule has 0 aromatic carbocycles. The van der Waals surface area contributed by atoms with Gasteiger partial charge in [-0.1, -0.05) is 13.8 Å². The smallest absolute Gasteiger partial charge is 0.0913 e. The number of rotatable bonds is 4. The number of nitrogens with zero attached hydrogens (tertiary/aromatic N) is 1. The Morgan fingerprint density at radius 3 is 2.30 bits per heavy atom. The molecule has 0 saturated heterocycles. The molecule has 0 aromatic heterocycles. The van der Waals surface area contributed by atoms with Gasteiger partial charge in [0, 0.05) is 12.3 Å². The van der Waals surface area contributed by atoms with E-state index < -0.39 is 0 Å². The second-order valence-electron chi connectivity index (χ2n) is 2.24. The molecule has 2 heteroatoms. The highest BCUT2D eigenvalue weighted by Crippen LogP contribution is 1.98. The largest absolute Gasteiger partial charge is 0.387 e. The predicted octanol–water partition coefficient (Wildman–Crippen LogP) is 1.63. The fourth-order valence-corrected chi connectivity index (χ4v) is 0.892. The van der Waals surface area contributed by atoms with Gasteiger partial charge in [-0.25, -0.2) is 0 Å². The molecule has 0 amide bonds. The van der Waals surface area contributed by atoms with Crippen molar-refractivity contribution >= 4 is 5.71 Å². The van der Waals surface area contributed by atoms with E-state index in [0.717, 1.165) is 25.1 Å². The summed E-state index contributed by atoms with van der Waals surface area (Å²) in [5.74, 6) is 0. The van der Waals surface area contributed by atoms with Crippen LogP contribution < -0.4 is 0 Å². The van der Waals surface area contributed by atoms with E-state index in [1.165, 1.54) is 0 Å². The molecule has 0 aliphatic rings. The van der Waals surface area contributed by atoms with Crippen molar-refractivity contribution in [1.82, 2.24) is 0 Å². The van der Waals surface area contributed by atoms with Crippen LogP contribution in [0.2, 0.25) is 0 Å². The van der Waals surface area contributed by atoms with E-state index in [2.05, 4.69) is 4.99 Å². The molecule has 0 fully saturated rings. The zero-order valence-electron chi connectivity index (χ0n) is 7.09. The van der Waals surface area contributed by atoms with Crippen molar-refractivity contribution in [3.05, 3.63) is 0 Å². The van der Waals surface area contributed by atoms with Crippen molar-refractivity contribution in [2.75, 3.05) is 6.54 Å². The zero-order chi connectivity index (χ0) is 7.98. The van der Waals surface area contributed by atoms with Crippen LogP contribution >= 0.6 is 0 Å². The lowest BCUT2D eigenvalue weighted by Crippen LogP contribution is -2.18. The van der Waals surface area contributed by atoms with Crippen LogP contribution in [0.25, 0.3) is 0 Å². The molecule has 0 aliphatic heterocycles. The van der Waals surface area contributed by atoms with Gasteiger partial charge in [-0.3, -0.25) is 4.99 Å². The van der Waals surface area contributed by atoms with Gasteiger partial charge in [0.15, 0.2) is 0 Å². The summed E-state index contributed by atoms with van der Waals surface area (Å²) in [4.78, 5) is 4.18. The minimum atomic E-state index is -0.315. The maximum Gasteiger partial charge on any atom is 0.0913 e. The van der Waals surface area contributed by atoms with Crippen LogP contribution in [0.1, 0.15) is 33.6 Å². The van der Waals surface area contributed by atoms with Crippen molar-refractivity contribution in [2.45, 2.75) is 39.7 Å². The third-order valence-corrected chi connectivity index (χ3v) is 1.49. The Hall–Kier alpha value is -0.370. The topological polar surface area (TPSA) is 32.6 Å². The van der Waals surface area contributed by atoms with Crippen LogP contribution in [0, 0.1) is 0 Å². The standard InChI is InChI=1S/C8H17NO/c1-4-7(9-6-3)8(10)5-2/h8,10H,4-6H2,1-3H3/b9-7-. The molecule has 1 N–H and O–H groups in total. The van der Waals surface area contributed by atoms with Gasteiger partial charge in [0.1, 0.15) is 0 Å². The van der Waals surface area contributed by atoms with Crippen molar-refractivity contribution < 1.29 is 5.11 Å². The summed E-state index contributed by atoms with van der Waals surface area (Å²) in [7, 11) is 0. The predicted molar refractivity (Wildman–Crippen MR) is 44.6 cm³/mol. The first-order valence-corrected chi connectivity index (χ1v) is 3.97. The summed E-state index contributed by atoms with van der Waals surface area (Å²) in [6.07, 6.45) is 1.32. The first-order valence-electron chi connectivity index (χ1n) is 3.97. The quantitative estimate of drug-likeness (QED) is 0.596. The number of aliphatic hydroxyl groups is 1. The first-order chi connectivity index (χ1) is 4.76. The summed E-state index contributed by atoms with van der Waals surface area (Å²) in [5.41, 5.74) is 0.935. The van der Waals surface area contributed by atoms with Crippen LogP contribution in [0.3, 0.4) is 0 Å². The molecule has 0 rings (SSSR count). The van der Waals surface area contributed by atoms with Crippen molar-refractivity contribution in [2.24, 2.45) is 4.99 Å². The maximum absolute atomic E-state index is 9.32. The van der Waals surface area contributed by atoms with E-state index in [1.54, 1.807) is 0 Å². The van der Waals surface area contributed by atoms with E-state index in [4.69, 9.17) is 0 Å². The molecule has 2 nitrogen and oxygen atoms in total. The molecule has 0 spiro atoms. The third kappa shape index (κ3) is 2.97. The normalized spacial score (nSPS) is 15.4. The van der Waals surface area contributed by atoms with E-state index in [-0.39, 0.29) is 6.10 Å². The van der Waals surface area contributed by atoms with E-state index >= 15 is 0 Å². The minimum absolute atomic E-state index is 0.315. The molecule has 0 aliphatic carbocycles. The van der Waals surface area contributed by atoms with Crippen molar-refractivity contribution in [3.8, 4) is 0 Å². The highest BCUT2D eigenvalue weighted by molar-refractivity contribution is 5.88. The van der Waals surface area contributed by atoms with Gasteiger partial charge in [-0.2, -0.15) is 0 Å². The Labute approximate surface area is 63.0 Å². The molecule has 0 bridgehead atoms. The zero-order valence-corrected chi connectivity index (χ0v) is 7.09. The summed E-state index contributed by atoms with van der Waals surface area (Å²) in [5, 5.41) is 9.32. The molecule has 60 valence electrons. The molecule has 10 heavy (non-hydrogen) atoms. The van der Waals surface area contributed by atoms with Crippen LogP contribution in [0.15, 0.2) is 4.99 Å². The Balaban J connectivity index is 3.92. The van der Waals surface area contributed by atoms with Gasteiger partial charge in [0.25, 0.3) is 0 Å². The summed E-state index contributed by atoms with van der Waals surface area (Å²) in [6, 6.07) is 0. The van der Waals surface area contributed by atoms with Gasteiger partial charge in [0.2, 0.25) is 0 Å². The first kappa shape index (κ1) is 9.63. The summed E-state index contributed by atoms with van der Waals surface area (Å²) < 4.78 is 0. The fourth-order valence-electron chi connectivity index (χ4n) is 0.892. The van der Waals surface area contributed by atoms with Gasteiger partial charge >= 0.3 is 0 Å². The monoisotopic (exact) mass is 143 g/mol. The van der Waals surface area contributed by atoms with Crippen LogP contribution in [0.4, 0.5) is 0 Å². The molecule has 1 atom stereocenters. The number of aliphatic hydroxyl groups excluding tert-OH is 1. The van der Waals surface area contributed by atoms with Crippen molar-refractivity contribution in [3.63, 3.8) is 0 Å². The lowest BCUT2D eigenvalue weighted by Gasteiger charge is -2.08. The molecule has 0 saturated carbocycles. The van der Waals surface area contributed by atoms with Crippen LogP contribution in [-0.4, -0.2) is 23.5 Å². The van der Waals surface area contributed by atoms with Crippen LogP contribution in [0.5, 0.6) is 0 Å². The van der Waals surface area contributed by atoms with Crippen molar-refractivity contribution in [1.29, 1.82) is 0 Å². The molecular weight excluding hydrogens is 126 g/mol. The lowest BCUT2D eigenvalue weighted by atomic mass is 10.1. The lowest BCUT2D eigenvalue weighted by molar-refractivity contribution is 0.235. The number of hydrogen-bond donors (Lipinski definition) is 1. The SMILES string of the molecule is CC/N=C(/CC)C(O)CC. The minimum Gasteiger partial charge on any atom is -0.387 e. The molecule has 0 radical (unpaired) electrons. The Kier molecular flexibility index (Phi) is 5.22. The Bertz CT molecular complexity index is 110. The maximum atomic E-state index is 9.32. The second kappa shape index (κ2) is 5.42. The molecule has 1 unspecified atom stereocenters. The van der Waals surface area contributed by atoms with E-state index in [0.29, 0.717) is 0 Å². The fraction of sp³-hybridized carbons (Fsp3) is 0.875. The van der Waals surface area contributed by atoms with Crippen LogP contribution in [-0.2, 0) is 0 Å². The van der Waals surface area contributed by atoms with E-state index in [1.807, 2.05) is 20.8 Å². The number of aliphatic imine (C=N–C) groups is 1. The van der Waals surface area contributed by atoms with Gasteiger partial charge in [0.05, 0.1) is 6.10 Å². The third-order valence-electron chi connectivity index (χ3n) is 1.49. The molecular formula is C8H17NO. The summed E-state index contributed by atoms with van der Waals surface area (Å²) >= 11 is 0. The van der Waals surface area contributed by atoms with Gasteiger partial charge in [-0.05, 0) is 19.8 Å². The second-order valence-corrected chi connectivity index (χ2v) is 2.24. The van der Waals surface area contributed by atoms with E-state index in [9.17, 15) is 5.11 Å². The highest BCUT2D eigenvalue weighted by Gasteiger charge is 2.05. The highest BCUT2D eigenvalue weighted by atomic mass is 16.3. The Morgan fingerprint density at radius 1 is 1.40 bits per heavy atom. The summed E-state index contributed by atoms with van der Waals surface area (Å²) in [6.45, 7) is 6.75. The molecule has 0 heterocycles. The van der Waals surface area contributed by atoms with Gasteiger partial charge in [-0.15, -0.1) is 0 Å². The Morgan fingerprint density at radius 2 is 2.00 bits per heavy atom. The average molecular weight is 143 g/mol. The van der Waals surface area contributed by atoms with Gasteiger partial charge < -0.3 is 5.11 Å². The average Bonchev–Trinajstić information content (AvgIpc) is 1.99. The molecule has 0 aromatic rings. The number of hydrogen-bond acceptors (Lipinski definition) is 2.